The summed E-state index contributed by atoms with van der Waals surface area (Å²) in [5.74, 6) is 0.998. The highest BCUT2D eigenvalue weighted by molar-refractivity contribution is 6.20. The first-order valence-electron chi connectivity index (χ1n) is 6.36. The lowest BCUT2D eigenvalue weighted by Gasteiger charge is -2.08. The highest BCUT2D eigenvalue weighted by Crippen LogP contribution is 2.06. The van der Waals surface area contributed by atoms with Gasteiger partial charge in [-0.15, -0.1) is 11.6 Å². The Morgan fingerprint density at radius 1 is 1.05 bits per heavy atom. The highest BCUT2D eigenvalue weighted by atomic mass is 35.5. The maximum absolute atomic E-state index is 5.81. The van der Waals surface area contributed by atoms with Gasteiger partial charge in [0.25, 0.3) is 0 Å². The van der Waals surface area contributed by atoms with Gasteiger partial charge in [0.2, 0.25) is 0 Å². The fourth-order valence-corrected chi connectivity index (χ4v) is 1.74. The van der Waals surface area contributed by atoms with Crippen LogP contribution in [0.2, 0.25) is 0 Å². The molecule has 0 saturated heterocycles. The summed E-state index contributed by atoms with van der Waals surface area (Å²) < 4.78 is 0. The van der Waals surface area contributed by atoms with Crippen LogP contribution in [0, 0.1) is 0 Å². The zero-order valence-electron chi connectivity index (χ0n) is 11.8. The largest absolute Gasteiger partial charge is 0.363 e. The Bertz CT molecular complexity index is 441. The van der Waals surface area contributed by atoms with Crippen LogP contribution in [0.3, 0.4) is 0 Å². The Kier molecular flexibility index (Phi) is 6.98. The fraction of sp³-hybridized carbons (Fsp3) is 0.312. The van der Waals surface area contributed by atoms with E-state index in [1.54, 1.807) is 6.20 Å². The number of hydrogen-bond acceptors (Lipinski definition) is 2. The molecule has 1 atom stereocenters. The molecule has 0 bridgehead atoms. The molecule has 0 aliphatic heterocycles. The van der Waals surface area contributed by atoms with Gasteiger partial charge in [0.05, 0.1) is 0 Å². The van der Waals surface area contributed by atoms with Crippen molar-refractivity contribution in [2.24, 2.45) is 0 Å². The number of pyridine rings is 1. The number of anilines is 1. The summed E-state index contributed by atoms with van der Waals surface area (Å²) in [6, 6.07) is 16.1. The predicted molar refractivity (Wildman–Crippen MR) is 84.0 cm³/mol. The number of hydrogen-bond donors (Lipinski definition) is 0. The minimum Gasteiger partial charge on any atom is -0.363 e. The minimum absolute atomic E-state index is 0.238. The van der Waals surface area contributed by atoms with Crippen LogP contribution in [0.4, 0.5) is 5.82 Å². The monoisotopic (exact) mass is 276 g/mol. The van der Waals surface area contributed by atoms with Crippen LogP contribution in [0.15, 0.2) is 54.7 Å². The Morgan fingerprint density at radius 2 is 1.68 bits per heavy atom. The van der Waals surface area contributed by atoms with Crippen LogP contribution < -0.4 is 4.90 Å². The van der Waals surface area contributed by atoms with E-state index in [4.69, 9.17) is 11.6 Å². The summed E-state index contributed by atoms with van der Waals surface area (Å²) >= 11 is 5.81. The second-order valence-electron chi connectivity index (χ2n) is 4.55. The number of halogens is 1. The van der Waals surface area contributed by atoms with Gasteiger partial charge in [-0.3, -0.25) is 0 Å². The SMILES string of the molecule is CC(Cl)Cc1ccccc1.CN(C)c1ccccn1. The molecular formula is C16H21ClN2. The Morgan fingerprint density at radius 3 is 2.11 bits per heavy atom. The first-order chi connectivity index (χ1) is 9.09. The molecule has 2 nitrogen and oxygen atoms in total. The molecule has 2 rings (SSSR count). The van der Waals surface area contributed by atoms with Gasteiger partial charge >= 0.3 is 0 Å². The van der Waals surface area contributed by atoms with E-state index in [-0.39, 0.29) is 5.38 Å². The van der Waals surface area contributed by atoms with Gasteiger partial charge in [0, 0.05) is 25.7 Å². The van der Waals surface area contributed by atoms with Crippen LogP contribution in [0.25, 0.3) is 0 Å². The first-order valence-corrected chi connectivity index (χ1v) is 6.79. The summed E-state index contributed by atoms with van der Waals surface area (Å²) in [4.78, 5) is 6.08. The van der Waals surface area contributed by atoms with Crippen LogP contribution >= 0.6 is 11.6 Å². The van der Waals surface area contributed by atoms with E-state index in [2.05, 4.69) is 17.1 Å². The van der Waals surface area contributed by atoms with Crippen molar-refractivity contribution >= 4 is 17.4 Å². The lowest BCUT2D eigenvalue weighted by Crippen LogP contribution is -2.09. The predicted octanol–water partition coefficient (Wildman–Crippen LogP) is 4.00. The fourth-order valence-electron chi connectivity index (χ4n) is 1.56. The molecule has 1 unspecified atom stereocenters. The third-order valence-electron chi connectivity index (χ3n) is 2.47. The zero-order valence-corrected chi connectivity index (χ0v) is 12.5. The molecule has 2 aromatic rings. The maximum atomic E-state index is 5.81. The van der Waals surface area contributed by atoms with E-state index in [1.807, 2.05) is 62.3 Å². The molecule has 1 heterocycles. The summed E-state index contributed by atoms with van der Waals surface area (Å²) in [6.07, 6.45) is 2.75. The number of rotatable bonds is 3. The van der Waals surface area contributed by atoms with Crippen LogP contribution in [0.1, 0.15) is 12.5 Å². The van der Waals surface area contributed by atoms with Gasteiger partial charge in [0.15, 0.2) is 0 Å². The zero-order chi connectivity index (χ0) is 14.1. The molecular weight excluding hydrogens is 256 g/mol. The molecule has 0 fully saturated rings. The van der Waals surface area contributed by atoms with E-state index in [9.17, 15) is 0 Å². The third-order valence-corrected chi connectivity index (χ3v) is 2.62. The first kappa shape index (κ1) is 15.5. The van der Waals surface area contributed by atoms with Crippen molar-refractivity contribution < 1.29 is 0 Å². The van der Waals surface area contributed by atoms with Crippen LogP contribution in [-0.2, 0) is 6.42 Å². The van der Waals surface area contributed by atoms with Gasteiger partial charge in [-0.2, -0.15) is 0 Å². The summed E-state index contributed by atoms with van der Waals surface area (Å²) in [7, 11) is 3.95. The van der Waals surface area contributed by atoms with Crippen molar-refractivity contribution in [3.63, 3.8) is 0 Å². The van der Waals surface area contributed by atoms with Crippen molar-refractivity contribution in [3.05, 3.63) is 60.3 Å². The van der Waals surface area contributed by atoms with E-state index in [1.165, 1.54) is 5.56 Å². The van der Waals surface area contributed by atoms with Crippen molar-refractivity contribution in [1.82, 2.24) is 4.98 Å². The highest BCUT2D eigenvalue weighted by Gasteiger charge is 1.96. The average molecular weight is 277 g/mol. The molecule has 0 saturated carbocycles. The molecule has 102 valence electrons. The third kappa shape index (κ3) is 6.82. The van der Waals surface area contributed by atoms with E-state index < -0.39 is 0 Å². The van der Waals surface area contributed by atoms with Gasteiger partial charge in [-0.05, 0) is 31.0 Å². The van der Waals surface area contributed by atoms with Gasteiger partial charge in [-0.1, -0.05) is 36.4 Å². The molecule has 0 radical (unpaired) electrons. The molecule has 0 N–H and O–H groups in total. The van der Waals surface area contributed by atoms with Crippen molar-refractivity contribution in [3.8, 4) is 0 Å². The number of benzene rings is 1. The Balaban J connectivity index is 0.000000191. The summed E-state index contributed by atoms with van der Waals surface area (Å²) in [5.41, 5.74) is 1.31. The normalized spacial score (nSPS) is 11.2. The number of nitrogens with zero attached hydrogens (tertiary/aromatic N) is 2. The second-order valence-corrected chi connectivity index (χ2v) is 5.30. The quantitative estimate of drug-likeness (QED) is 0.788. The van der Waals surface area contributed by atoms with Gasteiger partial charge < -0.3 is 4.90 Å². The Hall–Kier alpha value is -1.54. The number of alkyl halides is 1. The lowest BCUT2D eigenvalue weighted by molar-refractivity contribution is 0.931. The standard InChI is InChI=1S/C9H11Cl.C7H10N2/c1-8(10)7-9-5-3-2-4-6-9;1-9(2)7-5-3-4-6-8-7/h2-6,8H,7H2,1H3;3-6H,1-2H3. The smallest absolute Gasteiger partial charge is 0.127 e. The minimum atomic E-state index is 0.238. The average Bonchev–Trinajstić information content (AvgIpc) is 2.41. The molecule has 0 amide bonds. The van der Waals surface area contributed by atoms with Crippen LogP contribution in [0.5, 0.6) is 0 Å². The molecule has 19 heavy (non-hydrogen) atoms. The van der Waals surface area contributed by atoms with E-state index in [0.717, 1.165) is 12.2 Å². The van der Waals surface area contributed by atoms with Gasteiger partial charge in [0.1, 0.15) is 5.82 Å². The van der Waals surface area contributed by atoms with Crippen molar-refractivity contribution in [2.45, 2.75) is 18.7 Å². The van der Waals surface area contributed by atoms with Crippen molar-refractivity contribution in [2.75, 3.05) is 19.0 Å². The molecule has 0 spiro atoms. The summed E-state index contributed by atoms with van der Waals surface area (Å²) in [5, 5.41) is 0.238. The number of aromatic nitrogens is 1. The lowest BCUT2D eigenvalue weighted by atomic mass is 10.1. The van der Waals surface area contributed by atoms with E-state index in [0.29, 0.717) is 0 Å². The molecule has 1 aromatic heterocycles. The Labute approximate surface area is 121 Å². The second kappa shape index (κ2) is 8.54. The van der Waals surface area contributed by atoms with E-state index >= 15 is 0 Å². The molecule has 3 heteroatoms. The summed E-state index contributed by atoms with van der Waals surface area (Å²) in [6.45, 7) is 2.01. The molecule has 0 aliphatic rings. The molecule has 1 aromatic carbocycles. The maximum Gasteiger partial charge on any atom is 0.127 e. The van der Waals surface area contributed by atoms with Gasteiger partial charge in [-0.25, -0.2) is 4.98 Å². The topological polar surface area (TPSA) is 16.1 Å². The van der Waals surface area contributed by atoms with Crippen LogP contribution in [-0.4, -0.2) is 24.5 Å². The molecule has 0 aliphatic carbocycles. The van der Waals surface area contributed by atoms with Crippen molar-refractivity contribution in [1.29, 1.82) is 0 Å².